The summed E-state index contributed by atoms with van der Waals surface area (Å²) in [4.78, 5) is 47.7. The number of nitrogens with one attached hydrogen (secondary N) is 2. The van der Waals surface area contributed by atoms with Gasteiger partial charge in [-0.05, 0) is 24.1 Å². The predicted octanol–water partition coefficient (Wildman–Crippen LogP) is 0.508. The van der Waals surface area contributed by atoms with Crippen LogP contribution in [0.3, 0.4) is 0 Å². The molecule has 1 saturated heterocycles. The lowest BCUT2D eigenvalue weighted by molar-refractivity contribution is -0.125. The van der Waals surface area contributed by atoms with Gasteiger partial charge in [-0.25, -0.2) is 4.79 Å². The molecule has 1 aromatic carbocycles. The molecule has 2 aromatic rings. The summed E-state index contributed by atoms with van der Waals surface area (Å²) in [5.74, 6) is -1.45. The van der Waals surface area contributed by atoms with Gasteiger partial charge in [-0.15, -0.1) is 0 Å². The molecule has 0 bridgehead atoms. The maximum Gasteiger partial charge on any atom is 0.336 e. The fourth-order valence-corrected chi connectivity index (χ4v) is 3.12. The summed E-state index contributed by atoms with van der Waals surface area (Å²) >= 11 is 0. The van der Waals surface area contributed by atoms with Crippen molar-refractivity contribution in [3.8, 4) is 0 Å². The quantitative estimate of drug-likeness (QED) is 0.315. The van der Waals surface area contributed by atoms with Gasteiger partial charge in [0.05, 0.1) is 33.0 Å². The molecule has 1 atom stereocenters. The molecule has 0 saturated carbocycles. The number of fused-ring (bicyclic) bond motifs is 1. The summed E-state index contributed by atoms with van der Waals surface area (Å²) in [7, 11) is 1.59. The van der Waals surface area contributed by atoms with Crippen LogP contribution in [0.5, 0.6) is 0 Å². The van der Waals surface area contributed by atoms with Crippen LogP contribution in [0.1, 0.15) is 28.8 Å². The minimum Gasteiger partial charge on any atom is -0.423 e. The third-order valence-electron chi connectivity index (χ3n) is 4.70. The lowest BCUT2D eigenvalue weighted by atomic mass is 10.1. The van der Waals surface area contributed by atoms with Gasteiger partial charge in [0.25, 0.3) is 5.91 Å². The summed E-state index contributed by atoms with van der Waals surface area (Å²) < 4.78 is 21.0. The zero-order valence-corrected chi connectivity index (χ0v) is 17.1. The van der Waals surface area contributed by atoms with Crippen molar-refractivity contribution >= 4 is 28.7 Å². The number of hydrogen-bond acceptors (Lipinski definition) is 8. The number of carbonyl (C=O) groups is 3. The van der Waals surface area contributed by atoms with E-state index in [-0.39, 0.29) is 30.1 Å². The monoisotopic (exact) mass is 432 g/mol. The maximum absolute atomic E-state index is 12.4. The Morgan fingerprint density at radius 3 is 2.65 bits per heavy atom. The van der Waals surface area contributed by atoms with Crippen LogP contribution in [0.25, 0.3) is 11.0 Å². The number of hydrogen-bond donors (Lipinski definition) is 2. The second kappa shape index (κ2) is 10.8. The second-order valence-electron chi connectivity index (χ2n) is 6.94. The number of carbonyl (C=O) groups excluding carboxylic acids is 3. The highest BCUT2D eigenvalue weighted by molar-refractivity contribution is 6.08. The first-order valence-corrected chi connectivity index (χ1v) is 9.83. The number of benzene rings is 1. The molecule has 1 fully saturated rings. The van der Waals surface area contributed by atoms with Crippen LogP contribution in [0.2, 0.25) is 0 Å². The van der Waals surface area contributed by atoms with E-state index in [4.69, 9.17) is 18.6 Å². The Bertz CT molecular complexity index is 1020. The molecule has 1 aliphatic heterocycles. The molecule has 0 unspecified atom stereocenters. The van der Waals surface area contributed by atoms with Crippen molar-refractivity contribution in [1.29, 1.82) is 0 Å². The van der Waals surface area contributed by atoms with Crippen LogP contribution >= 0.6 is 0 Å². The van der Waals surface area contributed by atoms with Gasteiger partial charge in [-0.2, -0.15) is 0 Å². The average Bonchev–Trinajstić information content (AvgIpc) is 3.18. The largest absolute Gasteiger partial charge is 0.423 e. The molecule has 31 heavy (non-hydrogen) atoms. The van der Waals surface area contributed by atoms with Crippen LogP contribution in [-0.4, -0.2) is 57.3 Å². The van der Waals surface area contributed by atoms with E-state index in [0.717, 1.165) is 0 Å². The number of imide groups is 1. The number of methoxy groups -OCH3 is 1. The molecule has 2 heterocycles. The van der Waals surface area contributed by atoms with E-state index < -0.39 is 23.5 Å². The Kier molecular flexibility index (Phi) is 7.88. The zero-order valence-electron chi connectivity index (χ0n) is 17.1. The number of ether oxygens (including phenoxy) is 3. The van der Waals surface area contributed by atoms with Crippen molar-refractivity contribution in [1.82, 2.24) is 10.6 Å². The Balaban J connectivity index is 1.63. The Morgan fingerprint density at radius 1 is 1.13 bits per heavy atom. The van der Waals surface area contributed by atoms with E-state index in [1.165, 1.54) is 18.2 Å². The summed E-state index contributed by atoms with van der Waals surface area (Å²) in [6.45, 7) is 1.87. The van der Waals surface area contributed by atoms with Crippen molar-refractivity contribution in [3.05, 3.63) is 45.8 Å². The highest BCUT2D eigenvalue weighted by Crippen LogP contribution is 2.20. The second-order valence-corrected chi connectivity index (χ2v) is 6.94. The van der Waals surface area contributed by atoms with Crippen molar-refractivity contribution in [2.24, 2.45) is 0 Å². The van der Waals surface area contributed by atoms with Gasteiger partial charge in [-0.1, -0.05) is 6.07 Å². The average molecular weight is 432 g/mol. The lowest BCUT2D eigenvalue weighted by Gasteiger charge is -2.11. The normalized spacial score (nSPS) is 15.8. The van der Waals surface area contributed by atoms with E-state index >= 15 is 0 Å². The number of amides is 3. The molecule has 1 aromatic heterocycles. The van der Waals surface area contributed by atoms with Gasteiger partial charge in [0, 0.05) is 30.5 Å². The molecule has 0 radical (unpaired) electrons. The van der Waals surface area contributed by atoms with Gasteiger partial charge in [-0.3, -0.25) is 19.7 Å². The molecule has 0 spiro atoms. The topological polar surface area (TPSA) is 133 Å². The molecule has 0 aliphatic carbocycles. The van der Waals surface area contributed by atoms with Gasteiger partial charge < -0.3 is 23.9 Å². The van der Waals surface area contributed by atoms with E-state index in [1.54, 1.807) is 13.2 Å². The Hall–Kier alpha value is -3.08. The highest BCUT2D eigenvalue weighted by Gasteiger charge is 2.28. The van der Waals surface area contributed by atoms with Gasteiger partial charge in [0.2, 0.25) is 11.8 Å². The summed E-state index contributed by atoms with van der Waals surface area (Å²) in [6.07, 6.45) is 0.586. The SMILES string of the molecule is COCCOCCOCc1cc(=O)oc2cc(C(=O)NC(=O)[C@@H]3CCC(=O)N3)ccc12. The van der Waals surface area contributed by atoms with Crippen molar-refractivity contribution in [3.63, 3.8) is 0 Å². The predicted molar refractivity (Wildman–Crippen MR) is 108 cm³/mol. The molecule has 3 amide bonds. The van der Waals surface area contributed by atoms with Gasteiger partial charge in [0.15, 0.2) is 0 Å². The minimum atomic E-state index is -0.725. The molecular weight excluding hydrogens is 408 g/mol. The molecule has 10 nitrogen and oxygen atoms in total. The van der Waals surface area contributed by atoms with Crippen molar-refractivity contribution < 1.29 is 33.0 Å². The Labute approximate surface area is 177 Å². The van der Waals surface area contributed by atoms with E-state index in [9.17, 15) is 19.2 Å². The van der Waals surface area contributed by atoms with Crippen molar-refractivity contribution in [2.45, 2.75) is 25.5 Å². The first kappa shape index (κ1) is 22.6. The van der Waals surface area contributed by atoms with Gasteiger partial charge in [0.1, 0.15) is 11.6 Å². The summed E-state index contributed by atoms with van der Waals surface area (Å²) in [5, 5.41) is 5.37. The first-order valence-electron chi connectivity index (χ1n) is 9.83. The van der Waals surface area contributed by atoms with E-state index in [2.05, 4.69) is 10.6 Å². The first-order chi connectivity index (χ1) is 15.0. The van der Waals surface area contributed by atoms with Gasteiger partial charge >= 0.3 is 5.63 Å². The fraction of sp³-hybridized carbons (Fsp3) is 0.429. The minimum absolute atomic E-state index is 0.151. The smallest absolute Gasteiger partial charge is 0.336 e. The summed E-state index contributed by atoms with van der Waals surface area (Å²) in [6, 6.07) is 5.15. The molecule has 10 heteroatoms. The van der Waals surface area contributed by atoms with Crippen LogP contribution in [0.15, 0.2) is 33.5 Å². The van der Waals surface area contributed by atoms with Crippen LogP contribution in [-0.2, 0) is 30.4 Å². The third-order valence-corrected chi connectivity index (χ3v) is 4.70. The van der Waals surface area contributed by atoms with E-state index in [0.29, 0.717) is 43.8 Å². The highest BCUT2D eigenvalue weighted by atomic mass is 16.5. The molecule has 3 rings (SSSR count). The third kappa shape index (κ3) is 6.20. The number of rotatable bonds is 10. The van der Waals surface area contributed by atoms with Crippen LogP contribution in [0.4, 0.5) is 0 Å². The van der Waals surface area contributed by atoms with E-state index in [1.807, 2.05) is 0 Å². The fourth-order valence-electron chi connectivity index (χ4n) is 3.12. The van der Waals surface area contributed by atoms with Crippen molar-refractivity contribution in [2.75, 3.05) is 33.5 Å². The maximum atomic E-state index is 12.4. The Morgan fingerprint density at radius 2 is 1.90 bits per heavy atom. The lowest BCUT2D eigenvalue weighted by Crippen LogP contribution is -2.44. The standard InChI is InChI=1S/C21H24N2O8/c1-28-6-7-29-8-9-30-12-14-11-19(25)31-17-10-13(2-3-15(14)17)20(26)23-21(27)16-4-5-18(24)22-16/h2-3,10-11,16H,4-9,12H2,1H3,(H,22,24)(H,23,26,27)/t16-/m0/s1. The molecule has 166 valence electrons. The molecular formula is C21H24N2O8. The molecule has 1 aliphatic rings. The van der Waals surface area contributed by atoms with Crippen LogP contribution in [0, 0.1) is 0 Å². The van der Waals surface area contributed by atoms with Crippen LogP contribution < -0.4 is 16.3 Å². The zero-order chi connectivity index (χ0) is 22.2. The molecule has 2 N–H and O–H groups in total. The summed E-state index contributed by atoms with van der Waals surface area (Å²) in [5.41, 5.74) is 0.388.